The van der Waals surface area contributed by atoms with Gasteiger partial charge in [0.15, 0.2) is 0 Å². The van der Waals surface area contributed by atoms with Crippen LogP contribution in [0.2, 0.25) is 0 Å². The van der Waals surface area contributed by atoms with E-state index in [2.05, 4.69) is 33.8 Å². The van der Waals surface area contributed by atoms with E-state index in [-0.39, 0.29) is 22.7 Å². The third kappa shape index (κ3) is 1.84. The largest absolute Gasteiger partial charge is 0.389 e. The van der Waals surface area contributed by atoms with Crippen molar-refractivity contribution in [2.24, 2.45) is 11.3 Å². The lowest BCUT2D eigenvalue weighted by molar-refractivity contribution is -0.139. The van der Waals surface area contributed by atoms with Crippen molar-refractivity contribution < 1.29 is 9.84 Å². The summed E-state index contributed by atoms with van der Waals surface area (Å²) >= 11 is 0. The third-order valence-corrected chi connectivity index (χ3v) is 6.42. The van der Waals surface area contributed by atoms with Gasteiger partial charge in [0, 0.05) is 5.41 Å². The zero-order valence-corrected chi connectivity index (χ0v) is 13.5. The van der Waals surface area contributed by atoms with Crippen molar-refractivity contribution in [1.82, 2.24) is 0 Å². The highest BCUT2D eigenvalue weighted by Gasteiger charge is 2.65. The highest BCUT2D eigenvalue weighted by Crippen LogP contribution is 2.65. The van der Waals surface area contributed by atoms with Crippen molar-refractivity contribution in [2.45, 2.75) is 89.9 Å². The van der Waals surface area contributed by atoms with Gasteiger partial charge in [0.05, 0.1) is 17.3 Å². The quantitative estimate of drug-likeness (QED) is 0.783. The third-order valence-electron chi connectivity index (χ3n) is 6.42. The number of hydrogen-bond donors (Lipinski definition) is 1. The van der Waals surface area contributed by atoms with Gasteiger partial charge in [0.1, 0.15) is 0 Å². The number of allylic oxidation sites excluding steroid dienone is 1. The van der Waals surface area contributed by atoms with Gasteiger partial charge in [-0.3, -0.25) is 0 Å². The Labute approximate surface area is 123 Å². The molecule has 0 aromatic carbocycles. The smallest absolute Gasteiger partial charge is 0.0980 e. The Morgan fingerprint density at radius 2 is 2.10 bits per heavy atom. The lowest BCUT2D eigenvalue weighted by Crippen LogP contribution is -2.54. The number of rotatable bonds is 3. The van der Waals surface area contributed by atoms with Crippen LogP contribution >= 0.6 is 0 Å². The fourth-order valence-corrected chi connectivity index (χ4v) is 5.08. The zero-order valence-electron chi connectivity index (χ0n) is 13.5. The molecular weight excluding hydrogens is 248 g/mol. The molecule has 3 aliphatic rings. The Bertz CT molecular complexity index is 425. The fraction of sp³-hybridized carbons (Fsp3) is 0.889. The second-order valence-electron chi connectivity index (χ2n) is 8.04. The molecule has 2 aliphatic carbocycles. The van der Waals surface area contributed by atoms with Gasteiger partial charge in [-0.2, -0.15) is 0 Å². The predicted molar refractivity (Wildman–Crippen MR) is 81.6 cm³/mol. The van der Waals surface area contributed by atoms with Crippen LogP contribution in [0.1, 0.15) is 72.6 Å². The van der Waals surface area contributed by atoms with Gasteiger partial charge >= 0.3 is 0 Å². The number of hydrogen-bond acceptors (Lipinski definition) is 2. The molecule has 2 fully saturated rings. The van der Waals surface area contributed by atoms with Crippen LogP contribution in [0, 0.1) is 11.3 Å². The van der Waals surface area contributed by atoms with E-state index in [1.807, 2.05) is 0 Å². The summed E-state index contributed by atoms with van der Waals surface area (Å²) < 4.78 is 6.72. The van der Waals surface area contributed by atoms with Crippen LogP contribution < -0.4 is 0 Å². The first-order valence-electron chi connectivity index (χ1n) is 8.43. The Morgan fingerprint density at radius 3 is 2.80 bits per heavy atom. The summed E-state index contributed by atoms with van der Waals surface area (Å²) in [6.07, 6.45) is 9.82. The number of ether oxygens (including phenoxy) is 1. The Balaban J connectivity index is 2.03. The van der Waals surface area contributed by atoms with Gasteiger partial charge in [0.2, 0.25) is 0 Å². The van der Waals surface area contributed by atoms with Crippen molar-refractivity contribution in [3.63, 3.8) is 0 Å². The van der Waals surface area contributed by atoms with E-state index in [0.717, 1.165) is 25.7 Å². The Kier molecular flexibility index (Phi) is 3.34. The van der Waals surface area contributed by atoms with Crippen molar-refractivity contribution in [2.75, 3.05) is 0 Å². The minimum atomic E-state index is -0.313. The second-order valence-corrected chi connectivity index (χ2v) is 8.04. The molecule has 4 atom stereocenters. The molecule has 0 amide bonds. The molecule has 0 unspecified atom stereocenters. The van der Waals surface area contributed by atoms with Gasteiger partial charge in [-0.1, -0.05) is 26.3 Å². The summed E-state index contributed by atoms with van der Waals surface area (Å²) in [5, 5.41) is 10.7. The van der Waals surface area contributed by atoms with Gasteiger partial charge in [-0.15, -0.1) is 0 Å². The maximum Gasteiger partial charge on any atom is 0.0980 e. The lowest BCUT2D eigenvalue weighted by atomic mass is 9.54. The average molecular weight is 278 g/mol. The monoisotopic (exact) mass is 278 g/mol. The summed E-state index contributed by atoms with van der Waals surface area (Å²) in [5.74, 6) is 0.644. The molecule has 1 heterocycles. The fourth-order valence-electron chi connectivity index (χ4n) is 5.08. The van der Waals surface area contributed by atoms with Crippen LogP contribution in [0.4, 0.5) is 0 Å². The van der Waals surface area contributed by atoms with Crippen molar-refractivity contribution >= 4 is 0 Å². The molecule has 3 rings (SSSR count). The molecule has 1 spiro atoms. The van der Waals surface area contributed by atoms with Gasteiger partial charge in [0.25, 0.3) is 0 Å². The number of fused-ring (bicyclic) bond motifs is 1. The summed E-state index contributed by atoms with van der Waals surface area (Å²) in [6, 6.07) is 0. The topological polar surface area (TPSA) is 29.5 Å². The molecule has 0 aromatic rings. The van der Waals surface area contributed by atoms with Crippen LogP contribution in [-0.2, 0) is 4.74 Å². The van der Waals surface area contributed by atoms with E-state index >= 15 is 0 Å². The molecule has 2 heteroatoms. The minimum absolute atomic E-state index is 0.0415. The van der Waals surface area contributed by atoms with E-state index < -0.39 is 0 Å². The summed E-state index contributed by atoms with van der Waals surface area (Å²) in [5.41, 5.74) is 1.20. The molecule has 20 heavy (non-hydrogen) atoms. The lowest BCUT2D eigenvalue weighted by Gasteiger charge is -2.53. The van der Waals surface area contributed by atoms with E-state index in [0.29, 0.717) is 5.92 Å². The molecule has 1 saturated carbocycles. The highest BCUT2D eigenvalue weighted by atomic mass is 16.5. The predicted octanol–water partition coefficient (Wildman–Crippen LogP) is 4.22. The van der Waals surface area contributed by atoms with E-state index in [1.165, 1.54) is 24.8 Å². The maximum atomic E-state index is 10.7. The molecular formula is C18H30O2. The number of aliphatic hydroxyl groups is 1. The van der Waals surface area contributed by atoms with Gasteiger partial charge in [-0.05, 0) is 63.9 Å². The highest BCUT2D eigenvalue weighted by molar-refractivity contribution is 5.33. The molecule has 1 saturated heterocycles. The average Bonchev–Trinajstić information content (AvgIpc) is 2.59. The van der Waals surface area contributed by atoms with Gasteiger partial charge in [-0.25, -0.2) is 0 Å². The SMILES string of the molecule is CCC[C@@H](O)C1=CCC[C@@]2(C)CC[C@@H]3C[C@]12OC3(C)C. The Morgan fingerprint density at radius 1 is 1.35 bits per heavy atom. The van der Waals surface area contributed by atoms with E-state index in [1.54, 1.807) is 0 Å². The maximum absolute atomic E-state index is 10.7. The minimum Gasteiger partial charge on any atom is -0.389 e. The molecule has 114 valence electrons. The summed E-state index contributed by atoms with van der Waals surface area (Å²) in [6.45, 7) is 9.04. The molecule has 0 aromatic heterocycles. The second kappa shape index (κ2) is 4.58. The van der Waals surface area contributed by atoms with Crippen molar-refractivity contribution in [1.29, 1.82) is 0 Å². The molecule has 2 nitrogen and oxygen atoms in total. The zero-order chi connectivity index (χ0) is 14.6. The number of aliphatic hydroxyl groups excluding tert-OH is 1. The van der Waals surface area contributed by atoms with E-state index in [9.17, 15) is 5.11 Å². The van der Waals surface area contributed by atoms with Crippen LogP contribution in [0.3, 0.4) is 0 Å². The normalized spacial score (nSPS) is 43.9. The van der Waals surface area contributed by atoms with Crippen LogP contribution in [-0.4, -0.2) is 22.4 Å². The van der Waals surface area contributed by atoms with Crippen molar-refractivity contribution in [3.8, 4) is 0 Å². The first-order chi connectivity index (χ1) is 9.35. The summed E-state index contributed by atoms with van der Waals surface area (Å²) in [7, 11) is 0. The van der Waals surface area contributed by atoms with Gasteiger partial charge < -0.3 is 9.84 Å². The molecule has 1 N–H and O–H groups in total. The standard InChI is InChI=1S/C18H30O2/c1-5-7-15(19)14-8-6-10-17(4)11-9-13-12-18(14,17)20-16(13,2)3/h8,13,15,19H,5-7,9-12H2,1-4H3/t13-,15-,17+,18+/m1/s1. The van der Waals surface area contributed by atoms with Crippen LogP contribution in [0.25, 0.3) is 0 Å². The first kappa shape index (κ1) is 14.6. The van der Waals surface area contributed by atoms with Crippen molar-refractivity contribution in [3.05, 3.63) is 11.6 Å². The summed E-state index contributed by atoms with van der Waals surface area (Å²) in [4.78, 5) is 0. The first-order valence-corrected chi connectivity index (χ1v) is 8.43. The van der Waals surface area contributed by atoms with Crippen LogP contribution in [0.5, 0.6) is 0 Å². The Hall–Kier alpha value is -0.340. The van der Waals surface area contributed by atoms with E-state index in [4.69, 9.17) is 4.74 Å². The molecule has 2 bridgehead atoms. The molecule has 0 radical (unpaired) electrons. The molecule has 1 aliphatic heterocycles. The van der Waals surface area contributed by atoms with Crippen LogP contribution in [0.15, 0.2) is 11.6 Å².